The largest absolute Gasteiger partial charge is 0.507 e. The number of aryl methyl sites for hydroxylation is 1. The number of halogens is 1. The van der Waals surface area contributed by atoms with Gasteiger partial charge in [-0.25, -0.2) is 0 Å². The van der Waals surface area contributed by atoms with Crippen molar-refractivity contribution in [2.45, 2.75) is 13.0 Å². The highest BCUT2D eigenvalue weighted by atomic mass is 79.9. The van der Waals surface area contributed by atoms with Crippen LogP contribution in [0.15, 0.2) is 52.5 Å². The number of ether oxygens (including phenoxy) is 2. The van der Waals surface area contributed by atoms with Crippen LogP contribution in [0.5, 0.6) is 11.5 Å². The average Bonchev–Trinajstić information content (AvgIpc) is 3.34. The minimum atomic E-state index is -0.858. The van der Waals surface area contributed by atoms with Gasteiger partial charge in [-0.3, -0.25) is 14.5 Å². The van der Waals surface area contributed by atoms with Crippen molar-refractivity contribution in [2.24, 2.45) is 0 Å². The summed E-state index contributed by atoms with van der Waals surface area (Å²) in [5.41, 5.74) is 0.976. The summed E-state index contributed by atoms with van der Waals surface area (Å²) in [5.74, 6) is -0.834. The lowest BCUT2D eigenvalue weighted by Crippen LogP contribution is -2.29. The second kappa shape index (κ2) is 8.03. The molecule has 1 aromatic heterocycles. The van der Waals surface area contributed by atoms with Crippen LogP contribution in [-0.4, -0.2) is 40.2 Å². The second-order valence-electron chi connectivity index (χ2n) is 7.18. The normalized spacial score (nSPS) is 19.4. The number of carbonyl (C=O) groups is 2. The van der Waals surface area contributed by atoms with Crippen LogP contribution in [0.1, 0.15) is 22.2 Å². The summed E-state index contributed by atoms with van der Waals surface area (Å²) in [6.07, 6.45) is 0. The number of amides is 1. The fourth-order valence-corrected chi connectivity index (χ4v) is 4.70. The molecule has 0 spiro atoms. The molecule has 0 saturated carbocycles. The van der Waals surface area contributed by atoms with Crippen LogP contribution in [0, 0.1) is 6.92 Å². The fraction of sp³-hybridized carbons (Fsp3) is 0.182. The number of aliphatic hydroxyl groups is 1. The molecular weight excluding hydrogens is 498 g/mol. The van der Waals surface area contributed by atoms with E-state index in [1.165, 1.54) is 16.2 Å². The third-order valence-corrected chi connectivity index (χ3v) is 6.53. The quantitative estimate of drug-likeness (QED) is 0.320. The molecule has 2 aliphatic rings. The number of ketones is 1. The van der Waals surface area contributed by atoms with E-state index >= 15 is 0 Å². The van der Waals surface area contributed by atoms with Crippen LogP contribution in [0.3, 0.4) is 0 Å². The Morgan fingerprint density at radius 1 is 1.09 bits per heavy atom. The SMILES string of the molecule is Cc1nnc(N2C(=O)C(=O)/C(=C(/O)c3ccc4c(c3)OCCO4)[C@@H]2c2ccc(Br)cc2)s1. The molecule has 3 heterocycles. The highest BCUT2D eigenvalue weighted by Gasteiger charge is 2.48. The van der Waals surface area contributed by atoms with Crippen molar-refractivity contribution < 1.29 is 24.2 Å². The number of rotatable bonds is 3. The van der Waals surface area contributed by atoms with Gasteiger partial charge in [-0.1, -0.05) is 39.4 Å². The smallest absolute Gasteiger partial charge is 0.301 e. The van der Waals surface area contributed by atoms with Crippen molar-refractivity contribution >= 4 is 49.8 Å². The minimum Gasteiger partial charge on any atom is -0.507 e. The molecule has 5 rings (SSSR count). The highest BCUT2D eigenvalue weighted by molar-refractivity contribution is 9.10. The molecule has 162 valence electrons. The maximum absolute atomic E-state index is 13.1. The Labute approximate surface area is 195 Å². The molecule has 32 heavy (non-hydrogen) atoms. The van der Waals surface area contributed by atoms with Crippen molar-refractivity contribution in [2.75, 3.05) is 18.1 Å². The van der Waals surface area contributed by atoms with Gasteiger partial charge in [0.25, 0.3) is 5.78 Å². The summed E-state index contributed by atoms with van der Waals surface area (Å²) in [4.78, 5) is 27.5. The molecule has 0 radical (unpaired) electrons. The van der Waals surface area contributed by atoms with Crippen LogP contribution in [0.2, 0.25) is 0 Å². The molecule has 1 N–H and O–H groups in total. The number of Topliss-reactive ketones (excluding diaryl/α,β-unsaturated/α-hetero) is 1. The van der Waals surface area contributed by atoms with Crippen molar-refractivity contribution in [3.05, 3.63) is 68.6 Å². The molecule has 0 bridgehead atoms. The summed E-state index contributed by atoms with van der Waals surface area (Å²) < 4.78 is 12.0. The Bertz CT molecular complexity index is 1270. The maximum Gasteiger partial charge on any atom is 0.301 e. The van der Waals surface area contributed by atoms with E-state index in [9.17, 15) is 14.7 Å². The Morgan fingerprint density at radius 2 is 1.81 bits per heavy atom. The number of aliphatic hydroxyl groups excluding tert-OH is 1. The first-order valence-electron chi connectivity index (χ1n) is 9.70. The minimum absolute atomic E-state index is 0.0261. The van der Waals surface area contributed by atoms with Crippen molar-refractivity contribution in [1.29, 1.82) is 0 Å². The third-order valence-electron chi connectivity index (χ3n) is 5.17. The summed E-state index contributed by atoms with van der Waals surface area (Å²) in [6.45, 7) is 2.59. The molecule has 8 nitrogen and oxygen atoms in total. The van der Waals surface area contributed by atoms with E-state index in [4.69, 9.17) is 9.47 Å². The molecule has 1 fully saturated rings. The van der Waals surface area contributed by atoms with Gasteiger partial charge < -0.3 is 14.6 Å². The molecule has 2 aliphatic heterocycles. The molecule has 2 aromatic carbocycles. The third kappa shape index (κ3) is 3.45. The number of hydrogen-bond donors (Lipinski definition) is 1. The first kappa shape index (κ1) is 20.7. The molecule has 0 aliphatic carbocycles. The van der Waals surface area contributed by atoms with Crippen molar-refractivity contribution in [3.8, 4) is 11.5 Å². The van der Waals surface area contributed by atoms with Crippen LogP contribution >= 0.6 is 27.3 Å². The van der Waals surface area contributed by atoms with Crippen molar-refractivity contribution in [3.63, 3.8) is 0 Å². The zero-order chi connectivity index (χ0) is 22.4. The zero-order valence-corrected chi connectivity index (χ0v) is 19.1. The first-order chi connectivity index (χ1) is 15.4. The van der Waals surface area contributed by atoms with Gasteiger partial charge in [0.05, 0.1) is 11.6 Å². The Hall–Kier alpha value is -3.24. The fourth-order valence-electron chi connectivity index (χ4n) is 3.72. The Balaban J connectivity index is 1.69. The van der Waals surface area contributed by atoms with Gasteiger partial charge in [-0.2, -0.15) is 0 Å². The maximum atomic E-state index is 13.1. The van der Waals surface area contributed by atoms with Crippen molar-refractivity contribution in [1.82, 2.24) is 10.2 Å². The van der Waals surface area contributed by atoms with Gasteiger partial charge in [-0.15, -0.1) is 10.2 Å². The van der Waals surface area contributed by atoms with Gasteiger partial charge in [0, 0.05) is 10.0 Å². The average molecular weight is 514 g/mol. The Morgan fingerprint density at radius 3 is 2.50 bits per heavy atom. The van der Waals surface area contributed by atoms with Gasteiger partial charge in [0.1, 0.15) is 24.0 Å². The predicted octanol–water partition coefficient (Wildman–Crippen LogP) is 4.01. The van der Waals surface area contributed by atoms with Gasteiger partial charge in [0.15, 0.2) is 11.5 Å². The lowest BCUT2D eigenvalue weighted by molar-refractivity contribution is -0.132. The van der Waals surface area contributed by atoms with E-state index in [0.29, 0.717) is 46.0 Å². The van der Waals surface area contributed by atoms with E-state index in [2.05, 4.69) is 26.1 Å². The summed E-state index contributed by atoms with van der Waals surface area (Å²) >= 11 is 4.60. The summed E-state index contributed by atoms with van der Waals surface area (Å²) in [6, 6.07) is 11.2. The lowest BCUT2D eigenvalue weighted by atomic mass is 9.95. The number of benzene rings is 2. The lowest BCUT2D eigenvalue weighted by Gasteiger charge is -2.23. The monoisotopic (exact) mass is 513 g/mol. The van der Waals surface area contributed by atoms with E-state index in [0.717, 1.165) is 4.47 Å². The molecule has 1 atom stereocenters. The van der Waals surface area contributed by atoms with Crippen LogP contribution in [0.25, 0.3) is 5.76 Å². The number of carbonyl (C=O) groups excluding carboxylic acids is 2. The molecular formula is C22H16BrN3O5S. The van der Waals surface area contributed by atoms with E-state index in [1.54, 1.807) is 37.3 Å². The number of hydrogen-bond acceptors (Lipinski definition) is 8. The summed E-state index contributed by atoms with van der Waals surface area (Å²) in [7, 11) is 0. The standard InChI is InChI=1S/C22H16BrN3O5S/c1-11-24-25-22(32-11)26-18(12-2-5-14(23)6-3-12)17(20(28)21(26)29)19(27)13-4-7-15-16(10-13)31-9-8-30-15/h2-7,10,18,27H,8-9H2,1H3/b19-17+/t18-/m0/s1. The number of anilines is 1. The highest BCUT2D eigenvalue weighted by Crippen LogP contribution is 2.44. The predicted molar refractivity (Wildman–Crippen MR) is 121 cm³/mol. The van der Waals surface area contributed by atoms with E-state index in [1.807, 2.05) is 12.1 Å². The van der Waals surface area contributed by atoms with Crippen LogP contribution in [-0.2, 0) is 9.59 Å². The van der Waals surface area contributed by atoms with E-state index < -0.39 is 17.7 Å². The van der Waals surface area contributed by atoms with Gasteiger partial charge in [-0.05, 0) is 42.8 Å². The van der Waals surface area contributed by atoms with E-state index in [-0.39, 0.29) is 11.3 Å². The molecule has 10 heteroatoms. The van der Waals surface area contributed by atoms with Crippen LogP contribution < -0.4 is 14.4 Å². The van der Waals surface area contributed by atoms with Crippen LogP contribution in [0.4, 0.5) is 5.13 Å². The number of fused-ring (bicyclic) bond motifs is 1. The molecule has 1 saturated heterocycles. The molecule has 0 unspecified atom stereocenters. The first-order valence-corrected chi connectivity index (χ1v) is 11.3. The number of aromatic nitrogens is 2. The molecule has 1 amide bonds. The topological polar surface area (TPSA) is 102 Å². The second-order valence-corrected chi connectivity index (χ2v) is 9.26. The Kier molecular flexibility index (Phi) is 5.18. The molecule has 3 aromatic rings. The zero-order valence-electron chi connectivity index (χ0n) is 16.7. The van der Waals surface area contributed by atoms with Gasteiger partial charge in [0.2, 0.25) is 5.13 Å². The number of nitrogens with zero attached hydrogens (tertiary/aromatic N) is 3. The summed E-state index contributed by atoms with van der Waals surface area (Å²) in [5, 5.41) is 20.2. The van der Waals surface area contributed by atoms with Gasteiger partial charge >= 0.3 is 5.91 Å².